The van der Waals surface area contributed by atoms with Crippen LogP contribution in [0.4, 0.5) is 8.78 Å². The van der Waals surface area contributed by atoms with Crippen molar-refractivity contribution in [2.45, 2.75) is 64.9 Å². The van der Waals surface area contributed by atoms with Crippen molar-refractivity contribution in [1.82, 2.24) is 5.32 Å². The Hall–Kier alpha value is -0.783. The number of nitrogens with one attached hydrogen (secondary N) is 1. The summed E-state index contributed by atoms with van der Waals surface area (Å²) in [6.07, 6.45) is 0. The highest BCUT2D eigenvalue weighted by Gasteiger charge is 2.41. The predicted octanol–water partition coefficient (Wildman–Crippen LogP) is 4.85. The maximum absolute atomic E-state index is 13.6. The van der Waals surface area contributed by atoms with Crippen molar-refractivity contribution in [2.24, 2.45) is 0 Å². The summed E-state index contributed by atoms with van der Waals surface area (Å²) >= 11 is 0. The predicted molar refractivity (Wildman–Crippen MR) is 90.4 cm³/mol. The van der Waals surface area contributed by atoms with E-state index in [1.165, 1.54) is 12.1 Å². The van der Waals surface area contributed by atoms with Crippen molar-refractivity contribution in [3.63, 3.8) is 0 Å². The Morgan fingerprint density at radius 1 is 1.09 bits per heavy atom. The molecular formula is C17H29F2NOSi. The highest BCUT2D eigenvalue weighted by Crippen LogP contribution is 2.38. The SMILES string of the molecule is CC(C)(CNCc1ccc(F)cc1F)O[Si](C)(C)C(C)(C)C. The Balaban J connectivity index is 2.59. The van der Waals surface area contributed by atoms with Gasteiger partial charge >= 0.3 is 0 Å². The third-order valence-corrected chi connectivity index (χ3v) is 8.89. The number of hydrogen-bond acceptors (Lipinski definition) is 2. The summed E-state index contributed by atoms with van der Waals surface area (Å²) in [4.78, 5) is 0. The first-order valence-electron chi connectivity index (χ1n) is 7.69. The topological polar surface area (TPSA) is 21.3 Å². The standard InChI is InChI=1S/C17H29F2NOSi/c1-16(2,3)22(6,7)21-17(4,5)12-20-11-13-8-9-14(18)10-15(13)19/h8-10,20H,11-12H2,1-7H3. The molecule has 1 aromatic carbocycles. The number of hydrogen-bond donors (Lipinski definition) is 1. The van der Waals surface area contributed by atoms with Crippen LogP contribution in [0, 0.1) is 11.6 Å². The molecule has 0 saturated heterocycles. The number of halogens is 2. The second-order valence-electron chi connectivity index (χ2n) is 7.96. The molecule has 1 aromatic rings. The molecule has 1 rings (SSSR count). The molecule has 0 saturated carbocycles. The van der Waals surface area contributed by atoms with Crippen LogP contribution in [-0.2, 0) is 11.0 Å². The van der Waals surface area contributed by atoms with Gasteiger partial charge in [0.15, 0.2) is 8.32 Å². The Morgan fingerprint density at radius 2 is 1.68 bits per heavy atom. The summed E-state index contributed by atoms with van der Waals surface area (Å²) < 4.78 is 32.9. The highest BCUT2D eigenvalue weighted by molar-refractivity contribution is 6.74. The van der Waals surface area contributed by atoms with Gasteiger partial charge in [-0.1, -0.05) is 26.8 Å². The van der Waals surface area contributed by atoms with Gasteiger partial charge < -0.3 is 9.74 Å². The molecule has 0 unspecified atom stereocenters. The fourth-order valence-corrected chi connectivity index (χ4v) is 3.80. The van der Waals surface area contributed by atoms with Crippen molar-refractivity contribution in [1.29, 1.82) is 0 Å². The van der Waals surface area contributed by atoms with E-state index in [4.69, 9.17) is 4.43 Å². The van der Waals surface area contributed by atoms with E-state index >= 15 is 0 Å². The molecule has 0 atom stereocenters. The third kappa shape index (κ3) is 5.45. The monoisotopic (exact) mass is 329 g/mol. The molecular weight excluding hydrogens is 300 g/mol. The van der Waals surface area contributed by atoms with E-state index in [9.17, 15) is 8.78 Å². The lowest BCUT2D eigenvalue weighted by Gasteiger charge is -2.43. The van der Waals surface area contributed by atoms with Crippen LogP contribution in [-0.4, -0.2) is 20.5 Å². The van der Waals surface area contributed by atoms with Gasteiger partial charge in [-0.2, -0.15) is 0 Å². The molecule has 0 heterocycles. The lowest BCUT2D eigenvalue weighted by Crippen LogP contribution is -2.50. The van der Waals surface area contributed by atoms with Gasteiger partial charge in [0.1, 0.15) is 11.6 Å². The Kier molecular flexibility index (Phi) is 5.92. The zero-order chi connectivity index (χ0) is 17.2. The first kappa shape index (κ1) is 19.3. The first-order chi connectivity index (χ1) is 9.84. The minimum atomic E-state index is -1.85. The van der Waals surface area contributed by atoms with Gasteiger partial charge in [0.2, 0.25) is 0 Å². The van der Waals surface area contributed by atoms with Gasteiger partial charge in [0.05, 0.1) is 5.60 Å². The maximum Gasteiger partial charge on any atom is 0.192 e. The van der Waals surface area contributed by atoms with Gasteiger partial charge in [-0.3, -0.25) is 0 Å². The summed E-state index contributed by atoms with van der Waals surface area (Å²) in [6.45, 7) is 16.1. The fourth-order valence-electron chi connectivity index (χ4n) is 2.04. The second-order valence-corrected chi connectivity index (χ2v) is 12.7. The smallest absolute Gasteiger partial charge is 0.192 e. The molecule has 0 aliphatic rings. The minimum absolute atomic E-state index is 0.146. The maximum atomic E-state index is 13.6. The zero-order valence-electron chi connectivity index (χ0n) is 14.8. The van der Waals surface area contributed by atoms with E-state index in [2.05, 4.69) is 39.2 Å². The second kappa shape index (κ2) is 6.77. The van der Waals surface area contributed by atoms with Crippen LogP contribution in [0.5, 0.6) is 0 Å². The van der Waals surface area contributed by atoms with Crippen molar-refractivity contribution in [3.8, 4) is 0 Å². The van der Waals surface area contributed by atoms with Crippen LogP contribution in [0.25, 0.3) is 0 Å². The van der Waals surface area contributed by atoms with Crippen molar-refractivity contribution in [3.05, 3.63) is 35.4 Å². The van der Waals surface area contributed by atoms with Gasteiger partial charge in [0, 0.05) is 24.7 Å². The molecule has 0 bridgehead atoms. The largest absolute Gasteiger partial charge is 0.411 e. The van der Waals surface area contributed by atoms with Crippen LogP contribution in [0.1, 0.15) is 40.2 Å². The van der Waals surface area contributed by atoms with Crippen LogP contribution < -0.4 is 5.32 Å². The molecule has 0 amide bonds. The molecule has 126 valence electrons. The average molecular weight is 330 g/mol. The van der Waals surface area contributed by atoms with E-state index in [1.54, 1.807) is 0 Å². The van der Waals surface area contributed by atoms with Crippen molar-refractivity contribution >= 4 is 8.32 Å². The molecule has 0 aliphatic heterocycles. The summed E-state index contributed by atoms with van der Waals surface area (Å²) in [5.41, 5.74) is 0.129. The summed E-state index contributed by atoms with van der Waals surface area (Å²) in [5.74, 6) is -1.07. The molecule has 2 nitrogen and oxygen atoms in total. The molecule has 0 radical (unpaired) electrons. The summed E-state index contributed by atoms with van der Waals surface area (Å²) in [7, 11) is -1.85. The molecule has 0 aromatic heterocycles. The molecule has 22 heavy (non-hydrogen) atoms. The van der Waals surface area contributed by atoms with Crippen LogP contribution >= 0.6 is 0 Å². The normalized spacial score (nSPS) is 13.5. The van der Waals surface area contributed by atoms with Crippen molar-refractivity contribution < 1.29 is 13.2 Å². The minimum Gasteiger partial charge on any atom is -0.411 e. The van der Waals surface area contributed by atoms with E-state index in [1.807, 2.05) is 13.8 Å². The van der Waals surface area contributed by atoms with Gasteiger partial charge in [-0.05, 0) is 38.0 Å². The highest BCUT2D eigenvalue weighted by atomic mass is 28.4. The van der Waals surface area contributed by atoms with E-state index in [-0.39, 0.29) is 10.6 Å². The zero-order valence-corrected chi connectivity index (χ0v) is 15.8. The lowest BCUT2D eigenvalue weighted by atomic mass is 10.1. The molecule has 0 spiro atoms. The number of benzene rings is 1. The Labute approximate surface area is 134 Å². The van der Waals surface area contributed by atoms with E-state index < -0.39 is 20.0 Å². The lowest BCUT2D eigenvalue weighted by molar-refractivity contribution is 0.0902. The molecule has 5 heteroatoms. The summed E-state index contributed by atoms with van der Waals surface area (Å²) in [5, 5.41) is 3.36. The van der Waals surface area contributed by atoms with Gasteiger partial charge in [0.25, 0.3) is 0 Å². The molecule has 0 fully saturated rings. The van der Waals surface area contributed by atoms with Gasteiger partial charge in [-0.25, -0.2) is 8.78 Å². The number of rotatable bonds is 6. The summed E-state index contributed by atoms with van der Waals surface area (Å²) in [6, 6.07) is 3.66. The Morgan fingerprint density at radius 3 is 2.18 bits per heavy atom. The quantitative estimate of drug-likeness (QED) is 0.753. The van der Waals surface area contributed by atoms with Crippen LogP contribution in [0.2, 0.25) is 18.1 Å². The third-order valence-electron chi connectivity index (χ3n) is 4.22. The van der Waals surface area contributed by atoms with Gasteiger partial charge in [-0.15, -0.1) is 0 Å². The molecule has 1 N–H and O–H groups in total. The first-order valence-corrected chi connectivity index (χ1v) is 10.6. The van der Waals surface area contributed by atoms with Crippen molar-refractivity contribution in [2.75, 3.05) is 6.54 Å². The van der Waals surface area contributed by atoms with Crippen LogP contribution in [0.15, 0.2) is 18.2 Å². The van der Waals surface area contributed by atoms with E-state index in [0.717, 1.165) is 6.07 Å². The molecule has 0 aliphatic carbocycles. The fraction of sp³-hybridized carbons (Fsp3) is 0.647. The van der Waals surface area contributed by atoms with Crippen LogP contribution in [0.3, 0.4) is 0 Å². The Bertz CT molecular complexity index is 510. The average Bonchev–Trinajstić information content (AvgIpc) is 2.29. The van der Waals surface area contributed by atoms with E-state index in [0.29, 0.717) is 18.7 Å².